The first-order valence-electron chi connectivity index (χ1n) is 5.80. The highest BCUT2D eigenvalue weighted by Gasteiger charge is 2.11. The summed E-state index contributed by atoms with van der Waals surface area (Å²) in [6, 6.07) is 0. The largest absolute Gasteiger partial charge is 0.0882 e. The fourth-order valence-electron chi connectivity index (χ4n) is 2.48. The van der Waals surface area contributed by atoms with Crippen molar-refractivity contribution in [2.45, 2.75) is 51.4 Å². The summed E-state index contributed by atoms with van der Waals surface area (Å²) in [7, 11) is 0. The fourth-order valence-corrected chi connectivity index (χ4v) is 2.48. The van der Waals surface area contributed by atoms with E-state index in [1.54, 1.807) is 5.57 Å². The molecule has 0 heteroatoms. The van der Waals surface area contributed by atoms with Gasteiger partial charge in [0.2, 0.25) is 0 Å². The van der Waals surface area contributed by atoms with Gasteiger partial charge in [-0.15, -0.1) is 0 Å². The van der Waals surface area contributed by atoms with Crippen molar-refractivity contribution in [3.05, 3.63) is 23.8 Å². The van der Waals surface area contributed by atoms with Gasteiger partial charge in [-0.05, 0) is 57.3 Å². The first kappa shape index (κ1) is 9.05. The van der Waals surface area contributed by atoms with Gasteiger partial charge < -0.3 is 0 Å². The van der Waals surface area contributed by atoms with Crippen molar-refractivity contribution in [1.29, 1.82) is 0 Å². The first-order valence-corrected chi connectivity index (χ1v) is 5.80. The lowest BCUT2D eigenvalue weighted by atomic mass is 9.86. The Bertz CT molecular complexity index is 210. The Morgan fingerprint density at radius 1 is 1.15 bits per heavy atom. The Morgan fingerprint density at radius 3 is 2.85 bits per heavy atom. The SMILES string of the molecule is C1=CC(CC2=CCCCC2)CCC1. The predicted molar refractivity (Wildman–Crippen MR) is 57.6 cm³/mol. The van der Waals surface area contributed by atoms with Crippen LogP contribution in [0.2, 0.25) is 0 Å². The molecule has 1 atom stereocenters. The highest BCUT2D eigenvalue weighted by Crippen LogP contribution is 2.28. The van der Waals surface area contributed by atoms with Crippen LogP contribution in [-0.4, -0.2) is 0 Å². The molecule has 72 valence electrons. The lowest BCUT2D eigenvalue weighted by Crippen LogP contribution is -2.04. The summed E-state index contributed by atoms with van der Waals surface area (Å²) in [6.07, 6.45) is 18.4. The van der Waals surface area contributed by atoms with Gasteiger partial charge in [-0.2, -0.15) is 0 Å². The monoisotopic (exact) mass is 176 g/mol. The zero-order valence-electron chi connectivity index (χ0n) is 8.47. The standard InChI is InChI=1S/C13H20/c1-3-7-12(8-4-1)11-13-9-5-2-6-10-13/h3,7,9,12H,1-2,4-6,8,10-11H2. The average molecular weight is 176 g/mol. The lowest BCUT2D eigenvalue weighted by molar-refractivity contribution is 0.518. The molecule has 1 unspecified atom stereocenters. The molecule has 0 aromatic heterocycles. The molecule has 0 nitrogen and oxygen atoms in total. The van der Waals surface area contributed by atoms with Gasteiger partial charge in [-0.25, -0.2) is 0 Å². The van der Waals surface area contributed by atoms with Crippen molar-refractivity contribution in [2.24, 2.45) is 5.92 Å². The number of rotatable bonds is 2. The molecule has 2 rings (SSSR count). The van der Waals surface area contributed by atoms with Crippen molar-refractivity contribution in [3.8, 4) is 0 Å². The van der Waals surface area contributed by atoms with Crippen LogP contribution in [0, 0.1) is 5.92 Å². The maximum atomic E-state index is 2.49. The summed E-state index contributed by atoms with van der Waals surface area (Å²) in [5.41, 5.74) is 1.74. The van der Waals surface area contributed by atoms with Crippen LogP contribution >= 0.6 is 0 Å². The molecular weight excluding hydrogens is 156 g/mol. The maximum Gasteiger partial charge on any atom is -0.0196 e. The average Bonchev–Trinajstić information content (AvgIpc) is 2.21. The molecule has 0 aliphatic heterocycles. The van der Waals surface area contributed by atoms with Crippen LogP contribution < -0.4 is 0 Å². The molecule has 13 heavy (non-hydrogen) atoms. The molecule has 2 aliphatic rings. The number of hydrogen-bond donors (Lipinski definition) is 0. The van der Waals surface area contributed by atoms with Crippen LogP contribution in [0.3, 0.4) is 0 Å². The Morgan fingerprint density at radius 2 is 2.15 bits per heavy atom. The normalized spacial score (nSPS) is 28.6. The Kier molecular flexibility index (Phi) is 3.23. The van der Waals surface area contributed by atoms with Crippen LogP contribution in [0.4, 0.5) is 0 Å². The van der Waals surface area contributed by atoms with Crippen LogP contribution in [0.5, 0.6) is 0 Å². The smallest absolute Gasteiger partial charge is 0.0196 e. The van der Waals surface area contributed by atoms with Crippen LogP contribution in [0.25, 0.3) is 0 Å². The van der Waals surface area contributed by atoms with Crippen molar-refractivity contribution < 1.29 is 0 Å². The quantitative estimate of drug-likeness (QED) is 0.552. The van der Waals surface area contributed by atoms with E-state index in [0.717, 1.165) is 5.92 Å². The molecule has 0 saturated heterocycles. The summed E-state index contributed by atoms with van der Waals surface area (Å²) >= 11 is 0. The summed E-state index contributed by atoms with van der Waals surface area (Å²) in [4.78, 5) is 0. The lowest BCUT2D eigenvalue weighted by Gasteiger charge is -2.20. The van der Waals surface area contributed by atoms with Gasteiger partial charge >= 0.3 is 0 Å². The van der Waals surface area contributed by atoms with Gasteiger partial charge in [0.05, 0.1) is 0 Å². The van der Waals surface area contributed by atoms with Crippen molar-refractivity contribution >= 4 is 0 Å². The van der Waals surface area contributed by atoms with Gasteiger partial charge in [0.25, 0.3) is 0 Å². The molecule has 0 aromatic carbocycles. The molecule has 0 aromatic rings. The summed E-state index contributed by atoms with van der Waals surface area (Å²) < 4.78 is 0. The van der Waals surface area contributed by atoms with Gasteiger partial charge in [0.1, 0.15) is 0 Å². The number of hydrogen-bond acceptors (Lipinski definition) is 0. The van der Waals surface area contributed by atoms with Crippen LogP contribution in [-0.2, 0) is 0 Å². The molecular formula is C13H20. The summed E-state index contributed by atoms with van der Waals surface area (Å²) in [5, 5.41) is 0. The molecule has 0 saturated carbocycles. The molecule has 0 bridgehead atoms. The van der Waals surface area contributed by atoms with Crippen LogP contribution in [0.1, 0.15) is 51.4 Å². The molecule has 2 aliphatic carbocycles. The van der Waals surface area contributed by atoms with Crippen molar-refractivity contribution in [3.63, 3.8) is 0 Å². The van der Waals surface area contributed by atoms with Gasteiger partial charge in [0.15, 0.2) is 0 Å². The first-order chi connectivity index (χ1) is 6.45. The minimum Gasteiger partial charge on any atom is -0.0882 e. The maximum absolute atomic E-state index is 2.49. The molecule has 0 heterocycles. The van der Waals surface area contributed by atoms with E-state index in [-0.39, 0.29) is 0 Å². The summed E-state index contributed by atoms with van der Waals surface area (Å²) in [5.74, 6) is 0.873. The third kappa shape index (κ3) is 2.72. The van der Waals surface area contributed by atoms with E-state index in [9.17, 15) is 0 Å². The third-order valence-corrected chi connectivity index (χ3v) is 3.26. The second-order valence-electron chi connectivity index (χ2n) is 4.43. The molecule has 0 spiro atoms. The van der Waals surface area contributed by atoms with E-state index in [2.05, 4.69) is 18.2 Å². The van der Waals surface area contributed by atoms with Gasteiger partial charge in [0, 0.05) is 0 Å². The second kappa shape index (κ2) is 4.64. The predicted octanol–water partition coefficient (Wildman–Crippen LogP) is 4.23. The number of allylic oxidation sites excluding steroid dienone is 4. The third-order valence-electron chi connectivity index (χ3n) is 3.26. The highest BCUT2D eigenvalue weighted by molar-refractivity contribution is 5.09. The molecule has 0 radical (unpaired) electrons. The molecule has 0 N–H and O–H groups in total. The Hall–Kier alpha value is -0.520. The van der Waals surface area contributed by atoms with Crippen molar-refractivity contribution in [2.75, 3.05) is 0 Å². The topological polar surface area (TPSA) is 0 Å². The van der Waals surface area contributed by atoms with Crippen LogP contribution in [0.15, 0.2) is 23.8 Å². The summed E-state index contributed by atoms with van der Waals surface area (Å²) in [6.45, 7) is 0. The molecule has 0 amide bonds. The van der Waals surface area contributed by atoms with E-state index < -0.39 is 0 Å². The van der Waals surface area contributed by atoms with E-state index in [0.29, 0.717) is 0 Å². The Labute approximate surface area is 81.7 Å². The van der Waals surface area contributed by atoms with Gasteiger partial charge in [-0.3, -0.25) is 0 Å². The zero-order chi connectivity index (χ0) is 8.93. The fraction of sp³-hybridized carbons (Fsp3) is 0.692. The van der Waals surface area contributed by atoms with Crippen molar-refractivity contribution in [1.82, 2.24) is 0 Å². The minimum atomic E-state index is 0.873. The van der Waals surface area contributed by atoms with E-state index in [1.165, 1.54) is 51.4 Å². The van der Waals surface area contributed by atoms with E-state index >= 15 is 0 Å². The van der Waals surface area contributed by atoms with E-state index in [1.807, 2.05) is 0 Å². The molecule has 0 fully saturated rings. The minimum absolute atomic E-state index is 0.873. The second-order valence-corrected chi connectivity index (χ2v) is 4.43. The highest BCUT2D eigenvalue weighted by atomic mass is 14.2. The zero-order valence-corrected chi connectivity index (χ0v) is 8.47. The Balaban J connectivity index is 1.85. The van der Waals surface area contributed by atoms with Gasteiger partial charge in [-0.1, -0.05) is 23.8 Å². The van der Waals surface area contributed by atoms with E-state index in [4.69, 9.17) is 0 Å².